The Hall–Kier alpha value is -0.960. The van der Waals surface area contributed by atoms with Gasteiger partial charge in [-0.05, 0) is 80.1 Å². The summed E-state index contributed by atoms with van der Waals surface area (Å²) in [5.41, 5.74) is 1.71. The van der Waals surface area contributed by atoms with E-state index >= 15 is 0 Å². The van der Waals surface area contributed by atoms with Crippen molar-refractivity contribution >= 4 is 11.6 Å². The van der Waals surface area contributed by atoms with Crippen LogP contribution in [0, 0.1) is 34.5 Å². The Bertz CT molecular complexity index is 635. The number of ether oxygens (including phenoxy) is 1. The van der Waals surface area contributed by atoms with Gasteiger partial charge in [0.05, 0.1) is 6.10 Å². The number of rotatable bonds is 2. The normalized spacial score (nSPS) is 49.0. The summed E-state index contributed by atoms with van der Waals surface area (Å²) >= 11 is 0. The number of fused-ring (bicyclic) bond motifs is 5. The zero-order valence-corrected chi connectivity index (χ0v) is 16.1. The van der Waals surface area contributed by atoms with E-state index in [1.165, 1.54) is 18.4 Å². The fourth-order valence-corrected chi connectivity index (χ4v) is 7.51. The molecule has 3 heteroatoms. The average Bonchev–Trinajstić information content (AvgIpc) is 2.88. The molecule has 0 saturated heterocycles. The summed E-state index contributed by atoms with van der Waals surface area (Å²) in [6.45, 7) is 6.53. The second-order valence-corrected chi connectivity index (χ2v) is 9.61. The molecule has 0 aromatic carbocycles. The van der Waals surface area contributed by atoms with E-state index in [1.54, 1.807) is 14.0 Å². The molecule has 0 N–H and O–H groups in total. The van der Waals surface area contributed by atoms with Crippen LogP contribution in [0.3, 0.4) is 0 Å². The Kier molecular flexibility index (Phi) is 4.03. The van der Waals surface area contributed by atoms with Crippen LogP contribution in [0.2, 0.25) is 0 Å². The van der Waals surface area contributed by atoms with Gasteiger partial charge in [-0.2, -0.15) is 0 Å². The summed E-state index contributed by atoms with van der Waals surface area (Å²) in [7, 11) is 1.77. The highest BCUT2D eigenvalue weighted by molar-refractivity contribution is 5.91. The van der Waals surface area contributed by atoms with E-state index in [2.05, 4.69) is 13.8 Å². The van der Waals surface area contributed by atoms with Crippen LogP contribution in [-0.2, 0) is 14.3 Å². The summed E-state index contributed by atoms with van der Waals surface area (Å²) in [5, 5.41) is 0. The fraction of sp³-hybridized carbons (Fsp3) is 0.818. The van der Waals surface area contributed by atoms with Crippen molar-refractivity contribution in [1.82, 2.24) is 0 Å². The van der Waals surface area contributed by atoms with Gasteiger partial charge in [0.1, 0.15) is 5.78 Å². The molecule has 3 nitrogen and oxygen atoms in total. The third-order valence-electron chi connectivity index (χ3n) is 8.71. The van der Waals surface area contributed by atoms with Crippen LogP contribution in [0.15, 0.2) is 11.6 Å². The first-order valence-corrected chi connectivity index (χ1v) is 10.1. The van der Waals surface area contributed by atoms with Crippen molar-refractivity contribution < 1.29 is 14.3 Å². The van der Waals surface area contributed by atoms with Gasteiger partial charge >= 0.3 is 0 Å². The highest BCUT2D eigenvalue weighted by Crippen LogP contribution is 2.66. The lowest BCUT2D eigenvalue weighted by molar-refractivity contribution is -0.132. The third-order valence-corrected chi connectivity index (χ3v) is 8.71. The minimum Gasteiger partial charge on any atom is -0.381 e. The van der Waals surface area contributed by atoms with E-state index in [9.17, 15) is 9.59 Å². The van der Waals surface area contributed by atoms with E-state index in [-0.39, 0.29) is 22.9 Å². The molecule has 4 aliphatic rings. The second-order valence-electron chi connectivity index (χ2n) is 9.61. The lowest BCUT2D eigenvalue weighted by Crippen LogP contribution is -2.51. The first-order chi connectivity index (χ1) is 11.8. The summed E-state index contributed by atoms with van der Waals surface area (Å²) in [6.07, 6.45) is 9.39. The van der Waals surface area contributed by atoms with Crippen molar-refractivity contribution in [1.29, 1.82) is 0 Å². The van der Waals surface area contributed by atoms with Gasteiger partial charge < -0.3 is 4.74 Å². The third kappa shape index (κ3) is 2.34. The molecular formula is C22H32O3. The quantitative estimate of drug-likeness (QED) is 0.748. The van der Waals surface area contributed by atoms with Crippen molar-refractivity contribution in [3.63, 3.8) is 0 Å². The fourth-order valence-electron chi connectivity index (χ4n) is 7.51. The maximum Gasteiger partial charge on any atom is 0.155 e. The molecule has 25 heavy (non-hydrogen) atoms. The Balaban J connectivity index is 1.69. The molecule has 0 spiro atoms. The molecule has 138 valence electrons. The summed E-state index contributed by atoms with van der Waals surface area (Å²) in [6, 6.07) is 0. The number of ketones is 2. The first-order valence-electron chi connectivity index (χ1n) is 10.1. The number of allylic oxidation sites excluding steroid dienone is 1. The van der Waals surface area contributed by atoms with Gasteiger partial charge in [0.15, 0.2) is 5.78 Å². The molecule has 4 rings (SSSR count). The standard InChI is InChI=1S/C22H32O3/c1-13(23)20-19(25-4)12-18-16-6-5-14-11-15(24)7-9-21(14,2)17(16)8-10-22(18,20)3/h11,16-20H,5-10,12H2,1-4H3/t16-,17+,18+,19-,20+,21+,22+/m1/s1. The van der Waals surface area contributed by atoms with Crippen LogP contribution in [0.5, 0.6) is 0 Å². The molecule has 0 bridgehead atoms. The van der Waals surface area contributed by atoms with Gasteiger partial charge in [-0.15, -0.1) is 0 Å². The molecule has 0 radical (unpaired) electrons. The van der Waals surface area contributed by atoms with Crippen LogP contribution >= 0.6 is 0 Å². The average molecular weight is 344 g/mol. The van der Waals surface area contributed by atoms with Gasteiger partial charge in [0, 0.05) is 19.4 Å². The summed E-state index contributed by atoms with van der Waals surface area (Å²) in [4.78, 5) is 24.4. The van der Waals surface area contributed by atoms with Crippen LogP contribution in [0.4, 0.5) is 0 Å². The largest absolute Gasteiger partial charge is 0.381 e. The highest BCUT2D eigenvalue weighted by Gasteiger charge is 2.62. The summed E-state index contributed by atoms with van der Waals surface area (Å²) in [5.74, 6) is 2.62. The van der Waals surface area contributed by atoms with Gasteiger partial charge in [-0.3, -0.25) is 9.59 Å². The van der Waals surface area contributed by atoms with Crippen LogP contribution in [0.1, 0.15) is 65.7 Å². The van der Waals surface area contributed by atoms with Gasteiger partial charge in [0.25, 0.3) is 0 Å². The van der Waals surface area contributed by atoms with Gasteiger partial charge in [-0.1, -0.05) is 19.4 Å². The maximum absolute atomic E-state index is 12.4. The molecule has 3 fully saturated rings. The predicted molar refractivity (Wildman–Crippen MR) is 97.1 cm³/mol. The smallest absolute Gasteiger partial charge is 0.155 e. The highest BCUT2D eigenvalue weighted by atomic mass is 16.5. The molecule has 0 amide bonds. The molecule has 3 saturated carbocycles. The molecule has 0 unspecified atom stereocenters. The Morgan fingerprint density at radius 3 is 2.60 bits per heavy atom. The molecule has 0 aromatic rings. The number of Topliss-reactive ketones (excluding diaryl/α,β-unsaturated/α-hetero) is 1. The lowest BCUT2D eigenvalue weighted by atomic mass is 9.46. The van der Waals surface area contributed by atoms with E-state index in [4.69, 9.17) is 4.74 Å². The summed E-state index contributed by atoms with van der Waals surface area (Å²) < 4.78 is 5.79. The lowest BCUT2D eigenvalue weighted by Gasteiger charge is -2.57. The number of hydrogen-bond acceptors (Lipinski definition) is 3. The zero-order chi connectivity index (χ0) is 18.0. The molecular weight excluding hydrogens is 312 g/mol. The maximum atomic E-state index is 12.4. The number of hydrogen-bond donors (Lipinski definition) is 0. The van der Waals surface area contributed by atoms with E-state index in [0.717, 1.165) is 25.7 Å². The van der Waals surface area contributed by atoms with Gasteiger partial charge in [0.2, 0.25) is 0 Å². The molecule has 7 atom stereocenters. The molecule has 4 aliphatic carbocycles. The minimum absolute atomic E-state index is 0.0566. The Morgan fingerprint density at radius 1 is 1.16 bits per heavy atom. The zero-order valence-electron chi connectivity index (χ0n) is 16.1. The van der Waals surface area contributed by atoms with Crippen molar-refractivity contribution in [2.45, 2.75) is 71.8 Å². The van der Waals surface area contributed by atoms with Crippen molar-refractivity contribution in [3.05, 3.63) is 11.6 Å². The Labute approximate surface area is 151 Å². The van der Waals surface area contributed by atoms with Crippen molar-refractivity contribution in [3.8, 4) is 0 Å². The first kappa shape index (κ1) is 17.5. The van der Waals surface area contributed by atoms with Crippen molar-refractivity contribution in [2.24, 2.45) is 34.5 Å². The number of carbonyl (C=O) groups is 2. The molecule has 0 heterocycles. The predicted octanol–water partition coefficient (Wildman–Crippen LogP) is 4.35. The van der Waals surface area contributed by atoms with Crippen LogP contribution < -0.4 is 0 Å². The minimum atomic E-state index is 0.0566. The Morgan fingerprint density at radius 2 is 1.92 bits per heavy atom. The van der Waals surface area contributed by atoms with Crippen LogP contribution in [0.25, 0.3) is 0 Å². The monoisotopic (exact) mass is 344 g/mol. The van der Waals surface area contributed by atoms with Crippen LogP contribution in [-0.4, -0.2) is 24.8 Å². The van der Waals surface area contributed by atoms with E-state index in [0.29, 0.717) is 35.7 Å². The number of methoxy groups -OCH3 is 1. The van der Waals surface area contributed by atoms with Crippen molar-refractivity contribution in [2.75, 3.05) is 7.11 Å². The SMILES string of the molecule is CO[C@@H]1C[C@H]2[C@@H]3CCC4=CC(=O)CC[C@]4(C)[C@H]3CC[C@]2(C)[C@H]1C(C)=O. The van der Waals surface area contributed by atoms with E-state index < -0.39 is 0 Å². The topological polar surface area (TPSA) is 43.4 Å². The molecule has 0 aliphatic heterocycles. The van der Waals surface area contributed by atoms with Gasteiger partial charge in [-0.25, -0.2) is 0 Å². The molecule has 0 aromatic heterocycles. The second kappa shape index (κ2) is 5.77. The number of carbonyl (C=O) groups excluding carboxylic acids is 2. The van der Waals surface area contributed by atoms with E-state index in [1.807, 2.05) is 6.08 Å².